The van der Waals surface area contributed by atoms with Crippen LogP contribution in [0.5, 0.6) is 0 Å². The molecule has 0 saturated carbocycles. The summed E-state index contributed by atoms with van der Waals surface area (Å²) in [5.74, 6) is 1.79. The van der Waals surface area contributed by atoms with Gasteiger partial charge in [0.05, 0.1) is 0 Å². The summed E-state index contributed by atoms with van der Waals surface area (Å²) in [6.45, 7) is 13.9. The zero-order chi connectivity index (χ0) is 56.9. The average Bonchev–Trinajstić information content (AvgIpc) is 3.42. The third-order valence-electron chi connectivity index (χ3n) is 17.0. The van der Waals surface area contributed by atoms with Gasteiger partial charge in [-0.15, -0.1) is 0 Å². The van der Waals surface area contributed by atoms with Crippen LogP contribution in [0.25, 0.3) is 0 Å². The molecule has 0 aliphatic heterocycles. The van der Waals surface area contributed by atoms with Crippen molar-refractivity contribution in [2.24, 2.45) is 17.8 Å². The fourth-order valence-electron chi connectivity index (χ4n) is 11.3. The molecular formula is C72H140O6. The van der Waals surface area contributed by atoms with Crippen molar-refractivity contribution < 1.29 is 28.6 Å². The lowest BCUT2D eigenvalue weighted by molar-refractivity contribution is -0.167. The number of hydrogen-bond acceptors (Lipinski definition) is 6. The van der Waals surface area contributed by atoms with Gasteiger partial charge in [-0.3, -0.25) is 14.4 Å². The van der Waals surface area contributed by atoms with Gasteiger partial charge in [-0.2, -0.15) is 0 Å². The number of unbranched alkanes of at least 4 members (excludes halogenated alkanes) is 47. The Morgan fingerprint density at radius 2 is 0.449 bits per heavy atom. The third kappa shape index (κ3) is 63.6. The molecule has 0 radical (unpaired) electrons. The molecule has 0 heterocycles. The Kier molecular flexibility index (Phi) is 61.7. The van der Waals surface area contributed by atoms with Crippen LogP contribution in [0.15, 0.2) is 0 Å². The van der Waals surface area contributed by atoms with Crippen molar-refractivity contribution in [3.63, 3.8) is 0 Å². The Morgan fingerprint density at radius 3 is 0.667 bits per heavy atom. The topological polar surface area (TPSA) is 78.9 Å². The lowest BCUT2D eigenvalue weighted by Crippen LogP contribution is -2.30. The van der Waals surface area contributed by atoms with Gasteiger partial charge in [0, 0.05) is 19.3 Å². The van der Waals surface area contributed by atoms with Crippen molar-refractivity contribution in [2.45, 2.75) is 414 Å². The minimum absolute atomic E-state index is 0.0617. The summed E-state index contributed by atoms with van der Waals surface area (Å²) in [5, 5.41) is 0. The molecule has 0 saturated heterocycles. The van der Waals surface area contributed by atoms with Crippen LogP contribution < -0.4 is 0 Å². The van der Waals surface area contributed by atoms with Crippen LogP contribution in [0.2, 0.25) is 0 Å². The van der Waals surface area contributed by atoms with Crippen molar-refractivity contribution in [1.29, 1.82) is 0 Å². The zero-order valence-electron chi connectivity index (χ0n) is 54.0. The molecule has 0 aromatic rings. The van der Waals surface area contributed by atoms with Crippen LogP contribution in [0, 0.1) is 17.8 Å². The molecule has 0 spiro atoms. The van der Waals surface area contributed by atoms with Gasteiger partial charge in [0.15, 0.2) is 6.10 Å². The fraction of sp³-hybridized carbons (Fsp3) is 0.958. The second-order valence-corrected chi connectivity index (χ2v) is 26.1. The summed E-state index contributed by atoms with van der Waals surface area (Å²) in [5.41, 5.74) is 0. The van der Waals surface area contributed by atoms with Crippen molar-refractivity contribution in [3.8, 4) is 0 Å². The van der Waals surface area contributed by atoms with E-state index in [-0.39, 0.29) is 31.1 Å². The number of ether oxygens (including phenoxy) is 3. The average molecular weight is 1100 g/mol. The summed E-state index contributed by atoms with van der Waals surface area (Å²) >= 11 is 0. The molecule has 0 fully saturated rings. The molecule has 0 aromatic heterocycles. The number of esters is 3. The summed E-state index contributed by atoms with van der Waals surface area (Å²) < 4.78 is 17.0. The number of rotatable bonds is 65. The van der Waals surface area contributed by atoms with Gasteiger partial charge >= 0.3 is 17.9 Å². The second-order valence-electron chi connectivity index (χ2n) is 26.1. The fourth-order valence-corrected chi connectivity index (χ4v) is 11.3. The molecule has 0 aromatic carbocycles. The molecular weight excluding hydrogens is 961 g/mol. The molecule has 464 valence electrons. The molecule has 0 aliphatic rings. The lowest BCUT2D eigenvalue weighted by Gasteiger charge is -2.18. The van der Waals surface area contributed by atoms with Gasteiger partial charge in [0.2, 0.25) is 0 Å². The van der Waals surface area contributed by atoms with Crippen LogP contribution in [0.1, 0.15) is 408 Å². The monoisotopic (exact) mass is 1100 g/mol. The summed E-state index contributed by atoms with van der Waals surface area (Å²) in [4.78, 5) is 38.5. The molecule has 1 unspecified atom stereocenters. The quantitative estimate of drug-likeness (QED) is 0.0343. The maximum absolute atomic E-state index is 13.0. The molecule has 78 heavy (non-hydrogen) atoms. The Bertz CT molecular complexity index is 1210. The normalized spacial score (nSPS) is 12.5. The van der Waals surface area contributed by atoms with Crippen molar-refractivity contribution >= 4 is 17.9 Å². The van der Waals surface area contributed by atoms with E-state index in [1.165, 1.54) is 289 Å². The zero-order valence-corrected chi connectivity index (χ0v) is 54.0. The van der Waals surface area contributed by atoms with Crippen molar-refractivity contribution in [1.82, 2.24) is 0 Å². The highest BCUT2D eigenvalue weighted by atomic mass is 16.6. The maximum Gasteiger partial charge on any atom is 0.306 e. The summed E-state index contributed by atoms with van der Waals surface area (Å²) in [7, 11) is 0. The van der Waals surface area contributed by atoms with Gasteiger partial charge in [-0.1, -0.05) is 369 Å². The second kappa shape index (κ2) is 63.0. The smallest absolute Gasteiger partial charge is 0.306 e. The minimum Gasteiger partial charge on any atom is -0.462 e. The van der Waals surface area contributed by atoms with E-state index in [4.69, 9.17) is 14.2 Å². The molecule has 2 atom stereocenters. The summed E-state index contributed by atoms with van der Waals surface area (Å²) in [6.07, 6.45) is 71.1. The van der Waals surface area contributed by atoms with Gasteiger partial charge < -0.3 is 14.2 Å². The largest absolute Gasteiger partial charge is 0.462 e. The summed E-state index contributed by atoms with van der Waals surface area (Å²) in [6, 6.07) is 0. The van der Waals surface area contributed by atoms with Crippen LogP contribution in [-0.2, 0) is 28.6 Å². The van der Waals surface area contributed by atoms with E-state index >= 15 is 0 Å². The predicted molar refractivity (Wildman–Crippen MR) is 339 cm³/mol. The molecule has 6 heteroatoms. The SMILES string of the molecule is CCC(C)CCCCCCCCCCCCCCCCCCCCC(=O)OC[C@H](COC(=O)CCCCCCCCCCCCCCCCCCC(C)C)OC(=O)CCCCCCCCCCCCCCCCCCC(C)C. The Hall–Kier alpha value is -1.59. The standard InChI is InChI=1S/C72H140O6/c1-7-68(6)60-54-48-42-36-30-24-18-10-8-9-11-19-25-31-37-43-49-55-61-70(73)76-64-69(78-72(75)63-57-51-45-39-33-27-21-15-13-17-23-29-35-41-47-53-59-67(4)5)65-77-71(74)62-56-50-44-38-32-26-20-14-12-16-22-28-34-40-46-52-58-66(2)3/h66-69H,7-65H2,1-6H3/t68?,69-/m1/s1. The van der Waals surface area contributed by atoms with E-state index in [1.54, 1.807) is 0 Å². The van der Waals surface area contributed by atoms with Gasteiger partial charge in [0.1, 0.15) is 13.2 Å². The first-order valence-electron chi connectivity index (χ1n) is 35.6. The van der Waals surface area contributed by atoms with Gasteiger partial charge in [-0.25, -0.2) is 0 Å². The van der Waals surface area contributed by atoms with Crippen LogP contribution >= 0.6 is 0 Å². The Balaban J connectivity index is 4.28. The highest BCUT2D eigenvalue weighted by Gasteiger charge is 2.20. The highest BCUT2D eigenvalue weighted by Crippen LogP contribution is 2.20. The number of hydrogen-bond donors (Lipinski definition) is 0. The predicted octanol–water partition coefficient (Wildman–Crippen LogP) is 24.2. The van der Waals surface area contributed by atoms with E-state index < -0.39 is 6.10 Å². The number of carbonyl (C=O) groups is 3. The minimum atomic E-state index is -0.765. The highest BCUT2D eigenvalue weighted by molar-refractivity contribution is 5.71. The number of carbonyl (C=O) groups excluding carboxylic acids is 3. The maximum atomic E-state index is 13.0. The van der Waals surface area contributed by atoms with Gasteiger partial charge in [-0.05, 0) is 37.0 Å². The first-order chi connectivity index (χ1) is 38.1. The third-order valence-corrected chi connectivity index (χ3v) is 17.0. The van der Waals surface area contributed by atoms with Crippen molar-refractivity contribution in [2.75, 3.05) is 13.2 Å². The van der Waals surface area contributed by atoms with Crippen LogP contribution in [0.3, 0.4) is 0 Å². The molecule has 0 N–H and O–H groups in total. The first-order valence-corrected chi connectivity index (χ1v) is 35.6. The van der Waals surface area contributed by atoms with E-state index in [0.29, 0.717) is 19.3 Å². The van der Waals surface area contributed by atoms with Crippen LogP contribution in [0.4, 0.5) is 0 Å². The van der Waals surface area contributed by atoms with E-state index in [0.717, 1.165) is 75.5 Å². The Labute approximate surface area is 488 Å². The molecule has 0 bridgehead atoms. The first kappa shape index (κ1) is 76.4. The molecule has 0 amide bonds. The van der Waals surface area contributed by atoms with Gasteiger partial charge in [0.25, 0.3) is 0 Å². The van der Waals surface area contributed by atoms with E-state index in [9.17, 15) is 14.4 Å². The molecule has 6 nitrogen and oxygen atoms in total. The van der Waals surface area contributed by atoms with E-state index in [2.05, 4.69) is 41.5 Å². The molecule has 0 aliphatic carbocycles. The lowest BCUT2D eigenvalue weighted by atomic mass is 9.99. The molecule has 0 rings (SSSR count). The van der Waals surface area contributed by atoms with E-state index in [1.807, 2.05) is 0 Å². The van der Waals surface area contributed by atoms with Crippen molar-refractivity contribution in [3.05, 3.63) is 0 Å². The Morgan fingerprint density at radius 1 is 0.256 bits per heavy atom. The van der Waals surface area contributed by atoms with Crippen LogP contribution in [-0.4, -0.2) is 37.2 Å².